The Labute approximate surface area is 161 Å². The highest BCUT2D eigenvalue weighted by atomic mass is 16.7. The van der Waals surface area contributed by atoms with Crippen LogP contribution in [0.15, 0.2) is 11.1 Å². The fourth-order valence-corrected chi connectivity index (χ4v) is 4.02. The summed E-state index contributed by atoms with van der Waals surface area (Å²) in [6, 6.07) is 0. The fraction of sp³-hybridized carbons (Fsp3) is 0.864. The Morgan fingerprint density at radius 1 is 0.808 bits per heavy atom. The number of amides is 1. The van der Waals surface area contributed by atoms with Gasteiger partial charge in [0.1, 0.15) is 0 Å². The lowest BCUT2D eigenvalue weighted by molar-refractivity contribution is -0.255. The van der Waals surface area contributed by atoms with Crippen LogP contribution in [0, 0.1) is 0 Å². The van der Waals surface area contributed by atoms with Crippen molar-refractivity contribution in [3.05, 3.63) is 11.1 Å². The lowest BCUT2D eigenvalue weighted by Gasteiger charge is -2.36. The molecule has 0 spiro atoms. The number of ether oxygens (including phenoxy) is 2. The van der Waals surface area contributed by atoms with E-state index in [-0.39, 0.29) is 5.91 Å². The maximum absolute atomic E-state index is 12.8. The van der Waals surface area contributed by atoms with E-state index in [9.17, 15) is 4.79 Å². The van der Waals surface area contributed by atoms with Crippen molar-refractivity contribution in [1.29, 1.82) is 0 Å². The van der Waals surface area contributed by atoms with Crippen LogP contribution in [-0.4, -0.2) is 37.5 Å². The highest BCUT2D eigenvalue weighted by molar-refractivity contribution is 5.97. The molecule has 0 saturated heterocycles. The molecule has 0 aromatic heterocycles. The molecule has 1 aliphatic heterocycles. The van der Waals surface area contributed by atoms with Crippen molar-refractivity contribution in [1.82, 2.24) is 4.90 Å². The molecule has 1 aliphatic rings. The molecule has 0 aromatic rings. The molecule has 0 atom stereocenters. The number of rotatable bonds is 15. The van der Waals surface area contributed by atoms with E-state index in [2.05, 4.69) is 13.8 Å². The van der Waals surface area contributed by atoms with Crippen LogP contribution < -0.4 is 0 Å². The van der Waals surface area contributed by atoms with Crippen LogP contribution in [0.3, 0.4) is 0 Å². The van der Waals surface area contributed by atoms with E-state index in [0.717, 1.165) is 30.4 Å². The number of methoxy groups -OCH3 is 2. The quantitative estimate of drug-likeness (QED) is 0.271. The first-order valence-electron chi connectivity index (χ1n) is 10.7. The van der Waals surface area contributed by atoms with E-state index in [1.165, 1.54) is 57.8 Å². The molecule has 0 fully saturated rings. The van der Waals surface area contributed by atoms with Crippen molar-refractivity contribution < 1.29 is 14.3 Å². The number of carbonyl (C=O) groups excluding carboxylic acids is 1. The van der Waals surface area contributed by atoms with Crippen LogP contribution >= 0.6 is 0 Å². The molecule has 0 N–H and O–H groups in total. The van der Waals surface area contributed by atoms with Gasteiger partial charge in [0.05, 0.1) is 0 Å². The second-order valence-corrected chi connectivity index (χ2v) is 7.48. The van der Waals surface area contributed by atoms with E-state index in [1.807, 2.05) is 6.92 Å². The fourth-order valence-electron chi connectivity index (χ4n) is 4.02. The Balaban J connectivity index is 2.39. The summed E-state index contributed by atoms with van der Waals surface area (Å²) in [4.78, 5) is 14.6. The summed E-state index contributed by atoms with van der Waals surface area (Å²) in [7, 11) is 3.23. The lowest BCUT2D eigenvalue weighted by Crippen LogP contribution is -2.51. The summed E-state index contributed by atoms with van der Waals surface area (Å²) in [6.45, 7) is 6.96. The molecule has 4 nitrogen and oxygen atoms in total. The predicted molar refractivity (Wildman–Crippen MR) is 108 cm³/mol. The zero-order valence-corrected chi connectivity index (χ0v) is 17.9. The second-order valence-electron chi connectivity index (χ2n) is 7.48. The van der Waals surface area contributed by atoms with Gasteiger partial charge >= 0.3 is 0 Å². The largest absolute Gasteiger partial charge is 0.332 e. The van der Waals surface area contributed by atoms with Gasteiger partial charge in [-0.15, -0.1) is 0 Å². The molecule has 26 heavy (non-hydrogen) atoms. The number of carbonyl (C=O) groups is 1. The molecule has 0 unspecified atom stereocenters. The van der Waals surface area contributed by atoms with E-state index in [1.54, 1.807) is 19.1 Å². The van der Waals surface area contributed by atoms with Gasteiger partial charge in [0.2, 0.25) is 0 Å². The molecule has 0 saturated carbocycles. The van der Waals surface area contributed by atoms with E-state index < -0.39 is 5.91 Å². The van der Waals surface area contributed by atoms with Crippen LogP contribution in [-0.2, 0) is 14.3 Å². The van der Waals surface area contributed by atoms with Gasteiger partial charge in [0, 0.05) is 31.9 Å². The van der Waals surface area contributed by atoms with Gasteiger partial charge in [-0.1, -0.05) is 71.6 Å². The highest BCUT2D eigenvalue weighted by Gasteiger charge is 2.50. The number of hydrogen-bond donors (Lipinski definition) is 0. The summed E-state index contributed by atoms with van der Waals surface area (Å²) in [5, 5.41) is 0. The van der Waals surface area contributed by atoms with Crippen LogP contribution in [0.5, 0.6) is 0 Å². The monoisotopic (exact) mass is 367 g/mol. The Morgan fingerprint density at radius 2 is 1.31 bits per heavy atom. The molecule has 1 amide bonds. The minimum atomic E-state index is -0.999. The SMILES string of the molecule is CCCCCCCCCCCCC1=C(C)C(OC)(OC)N(CCC)C1=O. The minimum absolute atomic E-state index is 0.0870. The molecule has 0 aliphatic carbocycles. The first kappa shape index (κ1) is 23.2. The maximum atomic E-state index is 12.8. The molecule has 152 valence electrons. The van der Waals surface area contributed by atoms with E-state index in [0.29, 0.717) is 6.54 Å². The molecule has 0 radical (unpaired) electrons. The van der Waals surface area contributed by atoms with Gasteiger partial charge in [-0.3, -0.25) is 9.69 Å². The van der Waals surface area contributed by atoms with Crippen LogP contribution in [0.1, 0.15) is 97.8 Å². The van der Waals surface area contributed by atoms with Crippen molar-refractivity contribution in [2.24, 2.45) is 0 Å². The van der Waals surface area contributed by atoms with E-state index in [4.69, 9.17) is 9.47 Å². The maximum Gasteiger partial charge on any atom is 0.278 e. The first-order valence-corrected chi connectivity index (χ1v) is 10.7. The van der Waals surface area contributed by atoms with Gasteiger partial charge in [-0.2, -0.15) is 0 Å². The average Bonchev–Trinajstić information content (AvgIpc) is 2.85. The van der Waals surface area contributed by atoms with Crippen molar-refractivity contribution in [3.63, 3.8) is 0 Å². The molecule has 4 heteroatoms. The zero-order valence-electron chi connectivity index (χ0n) is 17.9. The third kappa shape index (κ3) is 5.82. The topological polar surface area (TPSA) is 38.8 Å². The van der Waals surface area contributed by atoms with Crippen molar-refractivity contribution >= 4 is 5.91 Å². The summed E-state index contributed by atoms with van der Waals surface area (Å²) in [5.41, 5.74) is 1.82. The smallest absolute Gasteiger partial charge is 0.278 e. The Bertz CT molecular complexity index is 441. The van der Waals surface area contributed by atoms with Gasteiger partial charge < -0.3 is 9.47 Å². The van der Waals surface area contributed by atoms with Crippen LogP contribution in [0.25, 0.3) is 0 Å². The molecule has 1 heterocycles. The molecule has 0 bridgehead atoms. The molecular formula is C22H41NO3. The van der Waals surface area contributed by atoms with Gasteiger partial charge in [-0.05, 0) is 26.2 Å². The van der Waals surface area contributed by atoms with Gasteiger partial charge in [0.15, 0.2) is 0 Å². The minimum Gasteiger partial charge on any atom is -0.332 e. The highest BCUT2D eigenvalue weighted by Crippen LogP contribution is 2.38. The van der Waals surface area contributed by atoms with Crippen molar-refractivity contribution in [3.8, 4) is 0 Å². The Kier molecular flexibility index (Phi) is 11.1. The molecular weight excluding hydrogens is 326 g/mol. The number of unbranched alkanes of at least 4 members (excludes halogenated alkanes) is 9. The lowest BCUT2D eigenvalue weighted by atomic mass is 10.0. The zero-order chi connectivity index (χ0) is 19.4. The summed E-state index contributed by atoms with van der Waals surface area (Å²) < 4.78 is 11.3. The van der Waals surface area contributed by atoms with Crippen molar-refractivity contribution in [2.75, 3.05) is 20.8 Å². The van der Waals surface area contributed by atoms with Crippen LogP contribution in [0.2, 0.25) is 0 Å². The number of nitrogens with zero attached hydrogens (tertiary/aromatic N) is 1. The number of hydrogen-bond acceptors (Lipinski definition) is 3. The van der Waals surface area contributed by atoms with Gasteiger partial charge in [0.25, 0.3) is 11.8 Å². The first-order chi connectivity index (χ1) is 12.6. The standard InChI is InChI=1S/C22H41NO3/c1-6-8-9-10-11-12-13-14-15-16-17-20-19(3)22(25-4,26-5)23(18-7-2)21(20)24/h6-18H2,1-5H3. The normalized spacial score (nSPS) is 16.8. The second kappa shape index (κ2) is 12.5. The third-order valence-electron chi connectivity index (χ3n) is 5.57. The average molecular weight is 368 g/mol. The predicted octanol–water partition coefficient (Wildman–Crippen LogP) is 5.81. The summed E-state index contributed by atoms with van der Waals surface area (Å²) in [5.74, 6) is -0.912. The summed E-state index contributed by atoms with van der Waals surface area (Å²) in [6.07, 6.45) is 14.8. The van der Waals surface area contributed by atoms with Crippen LogP contribution in [0.4, 0.5) is 0 Å². The Hall–Kier alpha value is -0.870. The third-order valence-corrected chi connectivity index (χ3v) is 5.57. The molecule has 1 rings (SSSR count). The van der Waals surface area contributed by atoms with E-state index >= 15 is 0 Å². The molecule has 0 aromatic carbocycles. The summed E-state index contributed by atoms with van der Waals surface area (Å²) >= 11 is 0. The van der Waals surface area contributed by atoms with Gasteiger partial charge in [-0.25, -0.2) is 0 Å². The van der Waals surface area contributed by atoms with Crippen molar-refractivity contribution in [2.45, 2.75) is 104 Å². The Morgan fingerprint density at radius 3 is 1.77 bits per heavy atom.